The van der Waals surface area contributed by atoms with Crippen LogP contribution in [0.15, 0.2) is 76.5 Å². The molecule has 0 atom stereocenters. The zero-order chi connectivity index (χ0) is 24.3. The highest BCUT2D eigenvalue weighted by Gasteiger charge is 2.20. The highest BCUT2D eigenvalue weighted by atomic mass is 16.5. The third-order valence-corrected chi connectivity index (χ3v) is 5.54. The van der Waals surface area contributed by atoms with Crippen molar-refractivity contribution in [1.82, 2.24) is 4.90 Å². The van der Waals surface area contributed by atoms with Crippen LogP contribution in [0, 0.1) is 0 Å². The average Bonchev–Trinajstić information content (AvgIpc) is 3.37. The molecule has 0 saturated carbocycles. The third-order valence-electron chi connectivity index (χ3n) is 5.54. The van der Waals surface area contributed by atoms with Crippen LogP contribution in [0.5, 0.6) is 5.75 Å². The van der Waals surface area contributed by atoms with Crippen molar-refractivity contribution in [2.24, 2.45) is 5.16 Å². The van der Waals surface area contributed by atoms with Gasteiger partial charge in [-0.05, 0) is 51.3 Å². The number of rotatable bonds is 12. The summed E-state index contributed by atoms with van der Waals surface area (Å²) in [6.45, 7) is 5.13. The first kappa shape index (κ1) is 24.9. The van der Waals surface area contributed by atoms with Crippen LogP contribution in [0.4, 0.5) is 0 Å². The van der Waals surface area contributed by atoms with Crippen LogP contribution in [-0.4, -0.2) is 39.7 Å². The summed E-state index contributed by atoms with van der Waals surface area (Å²) in [6, 6.07) is 19.4. The van der Waals surface area contributed by atoms with Gasteiger partial charge in [-0.3, -0.25) is 4.79 Å². The minimum absolute atomic E-state index is 0.0692. The van der Waals surface area contributed by atoms with E-state index in [9.17, 15) is 10.0 Å². The molecule has 0 aliphatic heterocycles. The number of benzene rings is 2. The van der Waals surface area contributed by atoms with Crippen LogP contribution >= 0.6 is 0 Å². The number of carbonyl (C=O) groups is 1. The Morgan fingerprint density at radius 3 is 2.44 bits per heavy atom. The lowest BCUT2D eigenvalue weighted by molar-refractivity contribution is -0.137. The number of aliphatic carboxylic acids is 1. The summed E-state index contributed by atoms with van der Waals surface area (Å²) in [6.07, 6.45) is 4.07. The lowest BCUT2D eigenvalue weighted by atomic mass is 10.1. The Morgan fingerprint density at radius 1 is 1.03 bits per heavy atom. The van der Waals surface area contributed by atoms with Crippen molar-refractivity contribution >= 4 is 11.8 Å². The Kier molecular flexibility index (Phi) is 9.14. The smallest absolute Gasteiger partial charge is 0.303 e. The minimum atomic E-state index is -0.767. The molecule has 0 radical (unpaired) electrons. The van der Waals surface area contributed by atoms with E-state index in [-0.39, 0.29) is 12.5 Å². The number of ether oxygens (including phenoxy) is 1. The third kappa shape index (κ3) is 6.88. The van der Waals surface area contributed by atoms with Gasteiger partial charge in [0.2, 0.25) is 0 Å². The van der Waals surface area contributed by atoms with E-state index in [1.807, 2.05) is 79.4 Å². The van der Waals surface area contributed by atoms with E-state index in [2.05, 4.69) is 5.16 Å². The Hall–Kier alpha value is -3.74. The predicted octanol–water partition coefficient (Wildman–Crippen LogP) is 6.02. The number of carboxylic acids is 1. The maximum absolute atomic E-state index is 10.6. The lowest BCUT2D eigenvalue weighted by Crippen LogP contribution is -2.37. The molecule has 3 rings (SSSR count). The number of carboxylic acid groups (broad SMARTS) is 1. The second-order valence-electron chi connectivity index (χ2n) is 8.36. The largest absolute Gasteiger partial charge is 0.493 e. The second kappa shape index (κ2) is 12.5. The molecule has 7 nitrogen and oxygen atoms in total. The van der Waals surface area contributed by atoms with E-state index >= 15 is 0 Å². The molecule has 0 fully saturated rings. The molecular formula is C27H32N2O5. The topological polar surface area (TPSA) is 95.5 Å². The summed E-state index contributed by atoms with van der Waals surface area (Å²) in [4.78, 5) is 12.7. The standard InChI is InChI=1S/C27H32N2O5/c1-20(2)29(27(28-32)22-15-13-21(14-16-22)24-11-8-18-34-24)19-23-9-5-6-10-25(23)33-17-7-3-4-12-26(30)31/h5-6,8-11,13-16,18,20,32H,3-4,7,12,17,19H2,1-2H3,(H,30,31)/b28-27+. The predicted molar refractivity (Wildman–Crippen MR) is 131 cm³/mol. The summed E-state index contributed by atoms with van der Waals surface area (Å²) >= 11 is 0. The number of furan rings is 1. The van der Waals surface area contributed by atoms with Crippen LogP contribution < -0.4 is 4.74 Å². The number of nitrogens with zero attached hydrogens (tertiary/aromatic N) is 2. The molecule has 34 heavy (non-hydrogen) atoms. The Morgan fingerprint density at radius 2 is 1.79 bits per heavy atom. The maximum Gasteiger partial charge on any atom is 0.303 e. The summed E-state index contributed by atoms with van der Waals surface area (Å²) in [5.41, 5.74) is 2.72. The van der Waals surface area contributed by atoms with Gasteiger partial charge >= 0.3 is 5.97 Å². The zero-order valence-electron chi connectivity index (χ0n) is 19.7. The van der Waals surface area contributed by atoms with E-state index in [1.165, 1.54) is 0 Å². The van der Waals surface area contributed by atoms with Gasteiger partial charge in [-0.25, -0.2) is 0 Å². The minimum Gasteiger partial charge on any atom is -0.493 e. The molecule has 7 heteroatoms. The van der Waals surface area contributed by atoms with E-state index in [0.29, 0.717) is 25.4 Å². The average molecular weight is 465 g/mol. The van der Waals surface area contributed by atoms with Crippen molar-refractivity contribution in [3.63, 3.8) is 0 Å². The number of para-hydroxylation sites is 1. The highest BCUT2D eigenvalue weighted by molar-refractivity contribution is 5.98. The van der Waals surface area contributed by atoms with Crippen molar-refractivity contribution in [2.75, 3.05) is 6.61 Å². The fourth-order valence-electron chi connectivity index (χ4n) is 3.71. The van der Waals surface area contributed by atoms with Gasteiger partial charge in [-0.1, -0.05) is 47.6 Å². The molecule has 0 unspecified atom stereocenters. The summed E-state index contributed by atoms with van der Waals surface area (Å²) in [7, 11) is 0. The van der Waals surface area contributed by atoms with Crippen molar-refractivity contribution in [3.8, 4) is 17.1 Å². The van der Waals surface area contributed by atoms with Gasteiger partial charge in [0.15, 0.2) is 5.84 Å². The summed E-state index contributed by atoms with van der Waals surface area (Å²) in [5.74, 6) is 1.27. The SMILES string of the molecule is CC(C)N(Cc1ccccc1OCCCCCC(=O)O)/C(=N/O)c1ccc(-c2ccco2)cc1. The Balaban J connectivity index is 1.70. The van der Waals surface area contributed by atoms with Gasteiger partial charge in [0.25, 0.3) is 0 Å². The van der Waals surface area contributed by atoms with Crippen molar-refractivity contribution < 1.29 is 24.3 Å². The summed E-state index contributed by atoms with van der Waals surface area (Å²) in [5, 5.41) is 22.3. The molecule has 2 N–H and O–H groups in total. The molecule has 0 amide bonds. The van der Waals surface area contributed by atoms with Gasteiger partial charge in [0.1, 0.15) is 11.5 Å². The normalized spacial score (nSPS) is 11.6. The van der Waals surface area contributed by atoms with Gasteiger partial charge in [0.05, 0.1) is 12.9 Å². The maximum atomic E-state index is 10.6. The molecule has 180 valence electrons. The van der Waals surface area contributed by atoms with E-state index < -0.39 is 5.97 Å². The monoisotopic (exact) mass is 464 g/mol. The number of oxime groups is 1. The number of hydrogen-bond donors (Lipinski definition) is 2. The second-order valence-corrected chi connectivity index (χ2v) is 8.36. The molecule has 0 bridgehead atoms. The Bertz CT molecular complexity index is 1060. The van der Waals surface area contributed by atoms with Gasteiger partial charge < -0.3 is 24.4 Å². The summed E-state index contributed by atoms with van der Waals surface area (Å²) < 4.78 is 11.5. The molecule has 0 aliphatic rings. The van der Waals surface area contributed by atoms with E-state index in [0.717, 1.165) is 41.0 Å². The van der Waals surface area contributed by atoms with Crippen LogP contribution in [0.3, 0.4) is 0 Å². The molecular weight excluding hydrogens is 432 g/mol. The van der Waals surface area contributed by atoms with Crippen molar-refractivity contribution in [2.45, 2.75) is 52.1 Å². The van der Waals surface area contributed by atoms with E-state index in [1.54, 1.807) is 6.26 Å². The van der Waals surface area contributed by atoms with Crippen molar-refractivity contribution in [1.29, 1.82) is 0 Å². The van der Waals surface area contributed by atoms with Gasteiger partial charge in [-0.15, -0.1) is 0 Å². The first-order valence-electron chi connectivity index (χ1n) is 11.5. The number of hydrogen-bond acceptors (Lipinski definition) is 5. The first-order valence-corrected chi connectivity index (χ1v) is 11.5. The van der Waals surface area contributed by atoms with Crippen LogP contribution in [0.25, 0.3) is 11.3 Å². The number of unbranched alkanes of at least 4 members (excludes halogenated alkanes) is 2. The molecule has 0 aliphatic carbocycles. The van der Waals surface area contributed by atoms with E-state index in [4.69, 9.17) is 14.3 Å². The molecule has 0 saturated heterocycles. The number of amidine groups is 1. The zero-order valence-corrected chi connectivity index (χ0v) is 19.7. The van der Waals surface area contributed by atoms with Crippen molar-refractivity contribution in [3.05, 3.63) is 78.1 Å². The highest BCUT2D eigenvalue weighted by Crippen LogP contribution is 2.25. The lowest BCUT2D eigenvalue weighted by Gasteiger charge is -2.30. The van der Waals surface area contributed by atoms with Crippen LogP contribution in [0.2, 0.25) is 0 Å². The molecule has 3 aromatic rings. The first-order chi connectivity index (χ1) is 16.5. The van der Waals surface area contributed by atoms with Gasteiger partial charge in [-0.2, -0.15) is 0 Å². The molecule has 0 spiro atoms. The quantitative estimate of drug-likeness (QED) is 0.112. The van der Waals surface area contributed by atoms with Crippen LogP contribution in [-0.2, 0) is 11.3 Å². The molecule has 1 heterocycles. The Labute approximate surface area is 200 Å². The molecule has 2 aromatic carbocycles. The fourth-order valence-corrected chi connectivity index (χ4v) is 3.71. The molecule has 1 aromatic heterocycles. The fraction of sp³-hybridized carbons (Fsp3) is 0.333. The van der Waals surface area contributed by atoms with Crippen LogP contribution in [0.1, 0.15) is 50.7 Å². The van der Waals surface area contributed by atoms with Gasteiger partial charge in [0, 0.05) is 35.7 Å².